The first-order valence-electron chi connectivity index (χ1n) is 3.90. The van der Waals surface area contributed by atoms with Crippen LogP contribution in [0.4, 0.5) is 4.39 Å². The molecule has 73 valence electrons. The normalized spacial score (nSPS) is 10.3. The van der Waals surface area contributed by atoms with Crippen LogP contribution < -0.4 is 0 Å². The molecule has 0 aliphatic carbocycles. The molecule has 5 heteroatoms. The van der Waals surface area contributed by atoms with Gasteiger partial charge in [-0.25, -0.2) is 9.37 Å². The Morgan fingerprint density at radius 3 is 2.93 bits per heavy atom. The number of aromatic nitrogens is 1. The second-order valence-electron chi connectivity index (χ2n) is 2.77. The highest BCUT2D eigenvalue weighted by atomic mass is 79.9. The predicted octanol–water partition coefficient (Wildman–Crippen LogP) is 3.46. The minimum Gasteiger partial charge on any atom is -0.232 e. The lowest BCUT2D eigenvalue weighted by atomic mass is 10.1. The number of pyridine rings is 1. The number of nitriles is 1. The fraction of sp³-hybridized carbons (Fsp3) is 0. The van der Waals surface area contributed by atoms with E-state index in [0.717, 1.165) is 0 Å². The van der Waals surface area contributed by atoms with Crippen LogP contribution in [0.25, 0.3) is 10.9 Å². The zero-order chi connectivity index (χ0) is 11.0. The summed E-state index contributed by atoms with van der Waals surface area (Å²) in [6.45, 7) is 0. The van der Waals surface area contributed by atoms with Crippen molar-refractivity contribution in [3.05, 3.63) is 39.2 Å². The van der Waals surface area contributed by atoms with Crippen molar-refractivity contribution >= 4 is 38.4 Å². The Morgan fingerprint density at radius 2 is 2.27 bits per heavy atom. The summed E-state index contributed by atoms with van der Waals surface area (Å²) < 4.78 is 13.8. The molecule has 2 rings (SSSR count). The van der Waals surface area contributed by atoms with Gasteiger partial charge in [0.15, 0.2) is 5.82 Å². The third kappa shape index (κ3) is 1.69. The molecule has 0 unspecified atom stereocenters. The maximum atomic E-state index is 13.5. The summed E-state index contributed by atoms with van der Waals surface area (Å²) in [4.78, 5) is 3.81. The maximum absolute atomic E-state index is 13.5. The Kier molecular flexibility index (Phi) is 2.59. The number of hydrogen-bond donors (Lipinski definition) is 0. The van der Waals surface area contributed by atoms with Gasteiger partial charge in [-0.15, -0.1) is 0 Å². The van der Waals surface area contributed by atoms with Crippen molar-refractivity contribution in [2.24, 2.45) is 0 Å². The van der Waals surface area contributed by atoms with E-state index in [-0.39, 0.29) is 16.2 Å². The minimum atomic E-state index is -0.505. The average Bonchev–Trinajstić information content (AvgIpc) is 2.24. The predicted molar refractivity (Wildman–Crippen MR) is 58.0 cm³/mol. The lowest BCUT2D eigenvalue weighted by Crippen LogP contribution is -1.90. The van der Waals surface area contributed by atoms with Gasteiger partial charge < -0.3 is 0 Å². The van der Waals surface area contributed by atoms with Crippen LogP contribution in [0.5, 0.6) is 0 Å². The quantitative estimate of drug-likeness (QED) is 0.695. The molecule has 0 spiro atoms. The summed E-state index contributed by atoms with van der Waals surface area (Å²) in [7, 11) is 0. The van der Waals surface area contributed by atoms with Gasteiger partial charge in [-0.1, -0.05) is 17.7 Å². The van der Waals surface area contributed by atoms with E-state index in [1.807, 2.05) is 6.07 Å². The van der Waals surface area contributed by atoms with E-state index in [2.05, 4.69) is 27.0 Å². The number of halogens is 3. The number of rotatable bonds is 0. The van der Waals surface area contributed by atoms with Gasteiger partial charge in [0, 0.05) is 11.5 Å². The Morgan fingerprint density at radius 1 is 1.53 bits per heavy atom. The molecule has 2 aromatic rings. The number of benzene rings is 1. The second kappa shape index (κ2) is 3.76. The van der Waals surface area contributed by atoms with Gasteiger partial charge in [0.2, 0.25) is 0 Å². The number of fused-ring (bicyclic) bond motifs is 1. The van der Waals surface area contributed by atoms with Crippen LogP contribution in [0.3, 0.4) is 0 Å². The van der Waals surface area contributed by atoms with Crippen LogP contribution in [-0.4, -0.2) is 4.98 Å². The smallest absolute Gasteiger partial charge is 0.163 e. The zero-order valence-electron chi connectivity index (χ0n) is 7.18. The van der Waals surface area contributed by atoms with Gasteiger partial charge in [0.05, 0.1) is 10.0 Å². The molecular formula is C10H2BrClFN2. The molecule has 0 amide bonds. The van der Waals surface area contributed by atoms with Crippen LogP contribution in [-0.2, 0) is 0 Å². The molecule has 1 heterocycles. The first-order valence-corrected chi connectivity index (χ1v) is 5.07. The molecule has 0 bridgehead atoms. The lowest BCUT2D eigenvalue weighted by Gasteiger charge is -2.01. The van der Waals surface area contributed by atoms with Crippen LogP contribution in [0, 0.1) is 23.2 Å². The van der Waals surface area contributed by atoms with Crippen molar-refractivity contribution in [1.29, 1.82) is 5.26 Å². The highest BCUT2D eigenvalue weighted by Crippen LogP contribution is 2.26. The topological polar surface area (TPSA) is 36.7 Å². The Balaban J connectivity index is 2.89. The van der Waals surface area contributed by atoms with Crippen molar-refractivity contribution < 1.29 is 4.39 Å². The van der Waals surface area contributed by atoms with Gasteiger partial charge in [-0.2, -0.15) is 5.26 Å². The lowest BCUT2D eigenvalue weighted by molar-refractivity contribution is 0.630. The van der Waals surface area contributed by atoms with Gasteiger partial charge in [-0.05, 0) is 22.0 Å². The van der Waals surface area contributed by atoms with Gasteiger partial charge in [-0.3, -0.25) is 0 Å². The fourth-order valence-corrected chi connectivity index (χ4v) is 1.66. The minimum absolute atomic E-state index is 0.0398. The molecule has 0 aliphatic rings. The first-order chi connectivity index (χ1) is 7.13. The average molecular weight is 284 g/mol. The van der Waals surface area contributed by atoms with Crippen molar-refractivity contribution in [2.75, 3.05) is 0 Å². The molecule has 0 aliphatic heterocycles. The summed E-state index contributed by atoms with van der Waals surface area (Å²) in [5.74, 6) is -0.505. The molecule has 2 nitrogen and oxygen atoms in total. The third-order valence-corrected chi connectivity index (χ3v) is 2.74. The van der Waals surface area contributed by atoms with Gasteiger partial charge in [0.1, 0.15) is 16.7 Å². The summed E-state index contributed by atoms with van der Waals surface area (Å²) in [6.07, 6.45) is 0. The van der Waals surface area contributed by atoms with Crippen molar-refractivity contribution in [3.8, 4) is 6.07 Å². The summed E-state index contributed by atoms with van der Waals surface area (Å²) in [5.41, 5.74) is 0.222. The molecular weight excluding hydrogens is 282 g/mol. The highest BCUT2D eigenvalue weighted by molar-refractivity contribution is 9.10. The molecule has 0 saturated heterocycles. The molecule has 1 aromatic carbocycles. The monoisotopic (exact) mass is 283 g/mol. The van der Waals surface area contributed by atoms with Crippen LogP contribution in [0.2, 0.25) is 5.15 Å². The largest absolute Gasteiger partial charge is 0.232 e. The van der Waals surface area contributed by atoms with E-state index >= 15 is 0 Å². The van der Waals surface area contributed by atoms with E-state index in [4.69, 9.17) is 16.9 Å². The highest BCUT2D eigenvalue weighted by Gasteiger charge is 2.10. The molecule has 1 aromatic heterocycles. The van der Waals surface area contributed by atoms with Crippen molar-refractivity contribution in [3.63, 3.8) is 0 Å². The van der Waals surface area contributed by atoms with Crippen LogP contribution in [0.15, 0.2) is 16.6 Å². The standard InChI is InChI=1S/C10H2BrClFN2/c11-7-2-1-5-3-6(4-14)10(12)15-9(5)8(7)13/h1-2H. The van der Waals surface area contributed by atoms with Gasteiger partial charge in [0.25, 0.3) is 0 Å². The summed E-state index contributed by atoms with van der Waals surface area (Å²) >= 11 is 8.72. The first kappa shape index (κ1) is 10.3. The molecule has 0 N–H and O–H groups in total. The van der Waals surface area contributed by atoms with Crippen LogP contribution in [0.1, 0.15) is 5.56 Å². The van der Waals surface area contributed by atoms with Crippen molar-refractivity contribution in [1.82, 2.24) is 4.98 Å². The molecule has 0 saturated carbocycles. The number of hydrogen-bond acceptors (Lipinski definition) is 2. The number of nitrogens with zero attached hydrogens (tertiary/aromatic N) is 2. The Bertz CT molecular complexity index is 592. The third-order valence-electron chi connectivity index (χ3n) is 1.86. The molecule has 1 radical (unpaired) electrons. The van der Waals surface area contributed by atoms with E-state index in [1.54, 1.807) is 6.07 Å². The van der Waals surface area contributed by atoms with Gasteiger partial charge >= 0.3 is 0 Å². The SMILES string of the molecule is N#Cc1[c]c2ccc(Br)c(F)c2nc1Cl. The molecule has 15 heavy (non-hydrogen) atoms. The molecule has 0 fully saturated rings. The fourth-order valence-electron chi connectivity index (χ4n) is 1.16. The summed E-state index contributed by atoms with van der Waals surface area (Å²) in [5, 5.41) is 9.08. The zero-order valence-corrected chi connectivity index (χ0v) is 9.52. The van der Waals surface area contributed by atoms with E-state index in [1.165, 1.54) is 6.07 Å². The Labute approximate surface area is 98.4 Å². The summed E-state index contributed by atoms with van der Waals surface area (Å²) in [6, 6.07) is 7.68. The second-order valence-corrected chi connectivity index (χ2v) is 3.98. The Hall–Kier alpha value is -1.18. The van der Waals surface area contributed by atoms with E-state index in [9.17, 15) is 4.39 Å². The molecule has 0 atom stereocenters. The van der Waals surface area contributed by atoms with Crippen LogP contribution >= 0.6 is 27.5 Å². The van der Waals surface area contributed by atoms with E-state index < -0.39 is 5.82 Å². The van der Waals surface area contributed by atoms with E-state index in [0.29, 0.717) is 9.86 Å². The van der Waals surface area contributed by atoms with Crippen molar-refractivity contribution in [2.45, 2.75) is 0 Å². The maximum Gasteiger partial charge on any atom is 0.163 e.